The number of carbonyl (C=O) groups is 1. The van der Waals surface area contributed by atoms with Gasteiger partial charge < -0.3 is 14.5 Å². The van der Waals surface area contributed by atoms with Gasteiger partial charge in [0, 0.05) is 50.0 Å². The minimum absolute atomic E-state index is 0.0155. The molecule has 0 aliphatic carbocycles. The zero-order chi connectivity index (χ0) is 20.8. The summed E-state index contributed by atoms with van der Waals surface area (Å²) in [6, 6.07) is 13.9. The third kappa shape index (κ3) is 4.99. The zero-order valence-electron chi connectivity index (χ0n) is 16.9. The number of hydrogen-bond acceptors (Lipinski definition) is 6. The molecule has 0 bridgehead atoms. The molecule has 29 heavy (non-hydrogen) atoms. The van der Waals surface area contributed by atoms with Gasteiger partial charge in [-0.3, -0.25) is 14.9 Å². The molecule has 3 rings (SSSR count). The molecule has 1 heterocycles. The van der Waals surface area contributed by atoms with Crippen molar-refractivity contribution in [3.05, 3.63) is 69.8 Å². The normalized spacial score (nSPS) is 16.4. The van der Waals surface area contributed by atoms with Gasteiger partial charge in [0.15, 0.2) is 5.78 Å². The van der Waals surface area contributed by atoms with Crippen molar-refractivity contribution in [2.75, 3.05) is 45.3 Å². The molecule has 0 N–H and O–H groups in total. The van der Waals surface area contributed by atoms with E-state index in [0.29, 0.717) is 23.4 Å². The second-order valence-electron chi connectivity index (χ2n) is 7.40. The number of carbonyl (C=O) groups excluding carboxylic acids is 1. The number of ether oxygens (including phenoxy) is 1. The van der Waals surface area contributed by atoms with Crippen LogP contribution in [-0.4, -0.2) is 62.0 Å². The quantitative estimate of drug-likeness (QED) is 0.367. The van der Waals surface area contributed by atoms with Gasteiger partial charge in [-0.05, 0) is 32.0 Å². The Balaban J connectivity index is 1.85. The molecule has 2 aromatic carbocycles. The van der Waals surface area contributed by atoms with Crippen LogP contribution in [0, 0.1) is 10.1 Å². The van der Waals surface area contributed by atoms with Crippen molar-refractivity contribution in [3.63, 3.8) is 0 Å². The van der Waals surface area contributed by atoms with Gasteiger partial charge in [0.2, 0.25) is 0 Å². The number of nitrogens with zero attached hydrogens (tertiary/aromatic N) is 3. The molecule has 1 aliphatic heterocycles. The van der Waals surface area contributed by atoms with Crippen LogP contribution in [0.25, 0.3) is 0 Å². The lowest BCUT2D eigenvalue weighted by Gasteiger charge is -2.30. The molecule has 0 unspecified atom stereocenters. The van der Waals surface area contributed by atoms with E-state index < -0.39 is 0 Å². The summed E-state index contributed by atoms with van der Waals surface area (Å²) in [5.41, 5.74) is 1.42. The molecule has 7 heteroatoms. The molecule has 0 amide bonds. The Kier molecular flexibility index (Phi) is 6.95. The molecule has 0 radical (unpaired) electrons. The Hall–Kier alpha value is -2.77. The van der Waals surface area contributed by atoms with E-state index in [9.17, 15) is 14.9 Å². The van der Waals surface area contributed by atoms with Crippen LogP contribution in [0.4, 0.5) is 11.4 Å². The second kappa shape index (κ2) is 9.62. The van der Waals surface area contributed by atoms with E-state index >= 15 is 0 Å². The Morgan fingerprint density at radius 1 is 1.24 bits per heavy atom. The Morgan fingerprint density at radius 3 is 2.69 bits per heavy atom. The third-order valence-electron chi connectivity index (χ3n) is 5.36. The highest BCUT2D eigenvalue weighted by Gasteiger charge is 2.31. The van der Waals surface area contributed by atoms with Crippen LogP contribution in [-0.2, 0) is 4.74 Å². The van der Waals surface area contributed by atoms with E-state index in [1.165, 1.54) is 6.07 Å². The summed E-state index contributed by atoms with van der Waals surface area (Å²) in [5.74, 6) is -0.211. The summed E-state index contributed by atoms with van der Waals surface area (Å²) in [5, 5.41) is 11.8. The molecular formula is C22H27N3O4. The fourth-order valence-corrected chi connectivity index (χ4v) is 3.85. The molecule has 1 saturated heterocycles. The van der Waals surface area contributed by atoms with Gasteiger partial charge in [-0.1, -0.05) is 30.3 Å². The largest absolute Gasteiger partial charge is 0.383 e. The summed E-state index contributed by atoms with van der Waals surface area (Å²) < 4.78 is 5.13. The van der Waals surface area contributed by atoms with Gasteiger partial charge in [0.05, 0.1) is 11.5 Å². The summed E-state index contributed by atoms with van der Waals surface area (Å²) in [4.78, 5) is 28.4. The van der Waals surface area contributed by atoms with Crippen molar-refractivity contribution in [3.8, 4) is 0 Å². The van der Waals surface area contributed by atoms with Gasteiger partial charge in [0.1, 0.15) is 5.69 Å². The molecule has 0 spiro atoms. The SMILES string of the molecule is COCCN(C)C[C@H]1CCCN1c1ccc(C(=O)c2ccccc2)cc1[N+](=O)[O-]. The molecule has 0 aromatic heterocycles. The number of benzene rings is 2. The number of ketones is 1. The van der Waals surface area contributed by atoms with E-state index in [0.717, 1.165) is 32.5 Å². The minimum atomic E-state index is -0.388. The van der Waals surface area contributed by atoms with E-state index in [1.807, 2.05) is 13.1 Å². The first-order valence-corrected chi connectivity index (χ1v) is 9.83. The predicted octanol–water partition coefficient (Wildman–Crippen LogP) is 3.37. The number of hydrogen-bond donors (Lipinski definition) is 0. The first-order valence-electron chi connectivity index (χ1n) is 9.83. The maximum Gasteiger partial charge on any atom is 0.293 e. The van der Waals surface area contributed by atoms with Crippen LogP contribution in [0.1, 0.15) is 28.8 Å². The van der Waals surface area contributed by atoms with Crippen LogP contribution in [0.5, 0.6) is 0 Å². The van der Waals surface area contributed by atoms with E-state index in [4.69, 9.17) is 4.74 Å². The van der Waals surface area contributed by atoms with Crippen molar-refractivity contribution in [2.45, 2.75) is 18.9 Å². The first-order chi connectivity index (χ1) is 14.0. The molecule has 1 atom stereocenters. The first kappa shape index (κ1) is 21.0. The lowest BCUT2D eigenvalue weighted by atomic mass is 10.0. The minimum Gasteiger partial charge on any atom is -0.383 e. The summed E-state index contributed by atoms with van der Waals surface area (Å²) in [7, 11) is 3.71. The standard InChI is InChI=1S/C22H27N3O4/c1-23(13-14-29-2)16-19-9-6-12-24(19)20-11-10-18(15-21(20)25(27)28)22(26)17-7-4-3-5-8-17/h3-5,7-8,10-11,15,19H,6,9,12-14,16H2,1-2H3/t19-/m1/s1. The molecule has 2 aromatic rings. The third-order valence-corrected chi connectivity index (χ3v) is 5.36. The number of nitro groups is 1. The maximum absolute atomic E-state index is 12.7. The van der Waals surface area contributed by atoms with E-state index in [2.05, 4.69) is 9.80 Å². The fourth-order valence-electron chi connectivity index (χ4n) is 3.85. The lowest BCUT2D eigenvalue weighted by Crippen LogP contribution is -2.40. The van der Waals surface area contributed by atoms with Gasteiger partial charge in [-0.2, -0.15) is 0 Å². The molecule has 1 aliphatic rings. The number of anilines is 1. The van der Waals surface area contributed by atoms with Gasteiger partial charge in [-0.25, -0.2) is 0 Å². The number of nitro benzene ring substituents is 1. The highest BCUT2D eigenvalue weighted by molar-refractivity contribution is 6.09. The fraction of sp³-hybridized carbons (Fsp3) is 0.409. The number of likely N-dealkylation sites (N-methyl/N-ethyl adjacent to an activating group) is 1. The smallest absolute Gasteiger partial charge is 0.293 e. The second-order valence-corrected chi connectivity index (χ2v) is 7.40. The van der Waals surface area contributed by atoms with Crippen molar-refractivity contribution in [2.24, 2.45) is 0 Å². The van der Waals surface area contributed by atoms with Gasteiger partial charge in [-0.15, -0.1) is 0 Å². The Bertz CT molecular complexity index is 856. The van der Waals surface area contributed by atoms with Crippen LogP contribution in [0.15, 0.2) is 48.5 Å². The highest BCUT2D eigenvalue weighted by atomic mass is 16.6. The van der Waals surface area contributed by atoms with Crippen LogP contribution in [0.2, 0.25) is 0 Å². The van der Waals surface area contributed by atoms with Crippen LogP contribution >= 0.6 is 0 Å². The monoisotopic (exact) mass is 397 g/mol. The molecule has 0 saturated carbocycles. The lowest BCUT2D eigenvalue weighted by molar-refractivity contribution is -0.384. The van der Waals surface area contributed by atoms with E-state index in [1.54, 1.807) is 43.5 Å². The number of methoxy groups -OCH3 is 1. The molecule has 154 valence electrons. The van der Waals surface area contributed by atoms with Gasteiger partial charge in [0.25, 0.3) is 5.69 Å². The predicted molar refractivity (Wildman–Crippen MR) is 113 cm³/mol. The maximum atomic E-state index is 12.7. The summed E-state index contributed by atoms with van der Waals surface area (Å²) in [6.07, 6.45) is 1.98. The van der Waals surface area contributed by atoms with Crippen LogP contribution in [0.3, 0.4) is 0 Å². The Morgan fingerprint density at radius 2 is 2.00 bits per heavy atom. The number of rotatable bonds is 9. The zero-order valence-corrected chi connectivity index (χ0v) is 16.9. The Labute approximate surface area is 171 Å². The van der Waals surface area contributed by atoms with Crippen molar-refractivity contribution in [1.29, 1.82) is 0 Å². The van der Waals surface area contributed by atoms with Crippen molar-refractivity contribution in [1.82, 2.24) is 4.90 Å². The average Bonchev–Trinajstić information content (AvgIpc) is 3.19. The average molecular weight is 397 g/mol. The highest BCUT2D eigenvalue weighted by Crippen LogP contribution is 2.35. The van der Waals surface area contributed by atoms with E-state index in [-0.39, 0.29) is 22.4 Å². The topological polar surface area (TPSA) is 75.9 Å². The van der Waals surface area contributed by atoms with Crippen molar-refractivity contribution >= 4 is 17.2 Å². The summed E-state index contributed by atoms with van der Waals surface area (Å²) in [6.45, 7) is 3.05. The molecule has 1 fully saturated rings. The van der Waals surface area contributed by atoms with Crippen LogP contribution < -0.4 is 4.90 Å². The molecule has 7 nitrogen and oxygen atoms in total. The van der Waals surface area contributed by atoms with Gasteiger partial charge >= 0.3 is 0 Å². The molecular weight excluding hydrogens is 370 g/mol. The summed E-state index contributed by atoms with van der Waals surface area (Å²) >= 11 is 0. The van der Waals surface area contributed by atoms with Crippen molar-refractivity contribution < 1.29 is 14.5 Å².